The molecule has 1 saturated carbocycles. The molecule has 1 aromatic carbocycles. The molecule has 1 unspecified atom stereocenters. The van der Waals surface area contributed by atoms with Crippen molar-refractivity contribution in [2.45, 2.75) is 66.3 Å². The van der Waals surface area contributed by atoms with E-state index in [-0.39, 0.29) is 0 Å². The van der Waals surface area contributed by atoms with Gasteiger partial charge in [-0.2, -0.15) is 5.10 Å². The Balaban J connectivity index is 1.79. The molecule has 1 atom stereocenters. The molecule has 2 heteroatoms. The molecule has 0 amide bonds. The summed E-state index contributed by atoms with van der Waals surface area (Å²) in [7, 11) is 0. The summed E-state index contributed by atoms with van der Waals surface area (Å²) in [6.07, 6.45) is 6.28. The molecule has 0 aliphatic heterocycles. The maximum Gasteiger partial charge on any atom is 0.0585 e. The van der Waals surface area contributed by atoms with E-state index in [1.807, 2.05) is 0 Å². The van der Waals surface area contributed by atoms with Crippen LogP contribution in [0.4, 0.5) is 0 Å². The SMILES string of the molecule is CC1=C(C)C(C)C(c2ccccc2CNN=C2CCCCC2)=C1C. The molecule has 3 rings (SSSR count). The average Bonchev–Trinajstić information content (AvgIpc) is 2.80. The lowest BCUT2D eigenvalue weighted by molar-refractivity contribution is 0.646. The third-order valence-corrected chi connectivity index (χ3v) is 5.89. The van der Waals surface area contributed by atoms with Crippen molar-refractivity contribution in [3.8, 4) is 0 Å². The molecular formula is C22H30N2. The van der Waals surface area contributed by atoms with Gasteiger partial charge in [0.25, 0.3) is 0 Å². The Morgan fingerprint density at radius 3 is 2.38 bits per heavy atom. The lowest BCUT2D eigenvalue weighted by atomic mass is 9.89. The van der Waals surface area contributed by atoms with Gasteiger partial charge in [-0.1, -0.05) is 43.2 Å². The van der Waals surface area contributed by atoms with Gasteiger partial charge in [0, 0.05) is 11.6 Å². The molecule has 1 N–H and O–H groups in total. The van der Waals surface area contributed by atoms with Crippen molar-refractivity contribution in [2.24, 2.45) is 11.0 Å². The zero-order valence-electron chi connectivity index (χ0n) is 15.6. The molecular weight excluding hydrogens is 292 g/mol. The van der Waals surface area contributed by atoms with Gasteiger partial charge < -0.3 is 5.43 Å². The molecule has 0 heterocycles. The lowest BCUT2D eigenvalue weighted by Gasteiger charge is -2.18. The molecule has 2 aliphatic carbocycles. The lowest BCUT2D eigenvalue weighted by Crippen LogP contribution is -2.14. The van der Waals surface area contributed by atoms with Crippen LogP contribution in [0.15, 0.2) is 46.1 Å². The Kier molecular flexibility index (Phi) is 5.23. The first-order chi connectivity index (χ1) is 11.6. The van der Waals surface area contributed by atoms with Crippen molar-refractivity contribution in [1.82, 2.24) is 5.43 Å². The fourth-order valence-corrected chi connectivity index (χ4v) is 4.04. The Morgan fingerprint density at radius 1 is 1.00 bits per heavy atom. The van der Waals surface area contributed by atoms with Crippen molar-refractivity contribution in [1.29, 1.82) is 0 Å². The highest BCUT2D eigenvalue weighted by Gasteiger charge is 2.25. The van der Waals surface area contributed by atoms with Crippen LogP contribution in [0.2, 0.25) is 0 Å². The van der Waals surface area contributed by atoms with Gasteiger partial charge >= 0.3 is 0 Å². The number of allylic oxidation sites excluding steroid dienone is 4. The molecule has 2 aliphatic rings. The maximum atomic E-state index is 4.65. The minimum atomic E-state index is 0.510. The van der Waals surface area contributed by atoms with E-state index in [4.69, 9.17) is 0 Å². The second-order valence-electron chi connectivity index (χ2n) is 7.30. The number of nitrogens with one attached hydrogen (secondary N) is 1. The molecule has 128 valence electrons. The van der Waals surface area contributed by atoms with Gasteiger partial charge in [0.05, 0.1) is 6.54 Å². The maximum absolute atomic E-state index is 4.65. The summed E-state index contributed by atoms with van der Waals surface area (Å²) >= 11 is 0. The summed E-state index contributed by atoms with van der Waals surface area (Å²) in [5.74, 6) is 0.510. The number of hydrogen-bond acceptors (Lipinski definition) is 2. The zero-order valence-corrected chi connectivity index (χ0v) is 15.6. The van der Waals surface area contributed by atoms with Crippen LogP contribution in [-0.4, -0.2) is 5.71 Å². The largest absolute Gasteiger partial charge is 0.306 e. The van der Waals surface area contributed by atoms with Crippen molar-refractivity contribution >= 4 is 11.3 Å². The zero-order chi connectivity index (χ0) is 17.1. The van der Waals surface area contributed by atoms with E-state index in [0.29, 0.717) is 5.92 Å². The van der Waals surface area contributed by atoms with Crippen molar-refractivity contribution in [3.63, 3.8) is 0 Å². The highest BCUT2D eigenvalue weighted by atomic mass is 15.3. The summed E-state index contributed by atoms with van der Waals surface area (Å²) in [5, 5.41) is 4.65. The second kappa shape index (κ2) is 7.38. The smallest absolute Gasteiger partial charge is 0.0585 e. The Bertz CT molecular complexity index is 698. The molecule has 1 fully saturated rings. The van der Waals surface area contributed by atoms with E-state index in [1.165, 1.54) is 58.4 Å². The van der Waals surface area contributed by atoms with Crippen LogP contribution >= 0.6 is 0 Å². The number of rotatable bonds is 4. The molecule has 0 spiro atoms. The van der Waals surface area contributed by atoms with Crippen LogP contribution in [0.5, 0.6) is 0 Å². The van der Waals surface area contributed by atoms with Crippen LogP contribution in [-0.2, 0) is 6.54 Å². The second-order valence-corrected chi connectivity index (χ2v) is 7.30. The topological polar surface area (TPSA) is 24.4 Å². The summed E-state index contributed by atoms with van der Waals surface area (Å²) in [4.78, 5) is 0. The average molecular weight is 322 g/mol. The number of hydrogen-bond donors (Lipinski definition) is 1. The van der Waals surface area contributed by atoms with Crippen molar-refractivity contribution < 1.29 is 0 Å². The third-order valence-electron chi connectivity index (χ3n) is 5.89. The van der Waals surface area contributed by atoms with E-state index in [9.17, 15) is 0 Å². The highest BCUT2D eigenvalue weighted by Crippen LogP contribution is 2.43. The minimum absolute atomic E-state index is 0.510. The van der Waals surface area contributed by atoms with Gasteiger partial charge in [0.1, 0.15) is 0 Å². The fraction of sp³-hybridized carbons (Fsp3) is 0.500. The first kappa shape index (κ1) is 17.0. The molecule has 0 aromatic heterocycles. The molecule has 1 aromatic rings. The van der Waals surface area contributed by atoms with Crippen LogP contribution < -0.4 is 5.43 Å². The Morgan fingerprint density at radius 2 is 1.71 bits per heavy atom. The van der Waals surface area contributed by atoms with Crippen molar-refractivity contribution in [2.75, 3.05) is 0 Å². The standard InChI is InChI=1S/C22H30N2/c1-15-16(2)18(4)22(17(15)3)21-13-9-8-10-19(21)14-23-24-20-11-6-5-7-12-20/h8-10,13,17,23H,5-7,11-12,14H2,1-4H3. The first-order valence-electron chi connectivity index (χ1n) is 9.34. The van der Waals surface area contributed by atoms with Crippen LogP contribution in [0.1, 0.15) is 70.9 Å². The van der Waals surface area contributed by atoms with E-state index in [0.717, 1.165) is 19.4 Å². The first-order valence-corrected chi connectivity index (χ1v) is 9.34. The molecule has 0 radical (unpaired) electrons. The van der Waals surface area contributed by atoms with Gasteiger partial charge in [0.2, 0.25) is 0 Å². The fourth-order valence-electron chi connectivity index (χ4n) is 4.04. The Hall–Kier alpha value is -1.83. The summed E-state index contributed by atoms with van der Waals surface area (Å²) in [5.41, 5.74) is 13.3. The number of hydrazone groups is 1. The summed E-state index contributed by atoms with van der Waals surface area (Å²) in [6.45, 7) is 9.93. The molecule has 0 bridgehead atoms. The monoisotopic (exact) mass is 322 g/mol. The number of nitrogens with zero attached hydrogens (tertiary/aromatic N) is 1. The predicted molar refractivity (Wildman–Crippen MR) is 104 cm³/mol. The molecule has 24 heavy (non-hydrogen) atoms. The van der Waals surface area contributed by atoms with Gasteiger partial charge in [-0.25, -0.2) is 0 Å². The quantitative estimate of drug-likeness (QED) is 0.690. The van der Waals surface area contributed by atoms with Gasteiger partial charge in [-0.3, -0.25) is 0 Å². The van der Waals surface area contributed by atoms with Gasteiger partial charge in [0.15, 0.2) is 0 Å². The summed E-state index contributed by atoms with van der Waals surface area (Å²) < 4.78 is 0. The third kappa shape index (κ3) is 3.33. The Labute approximate surface area is 146 Å². The molecule has 2 nitrogen and oxygen atoms in total. The van der Waals surface area contributed by atoms with Gasteiger partial charge in [-0.15, -0.1) is 0 Å². The number of benzene rings is 1. The van der Waals surface area contributed by atoms with Gasteiger partial charge in [-0.05, 0) is 74.3 Å². The highest BCUT2D eigenvalue weighted by molar-refractivity contribution is 5.84. The van der Waals surface area contributed by atoms with Crippen LogP contribution in [0.3, 0.4) is 0 Å². The minimum Gasteiger partial charge on any atom is -0.306 e. The van der Waals surface area contributed by atoms with Crippen LogP contribution in [0, 0.1) is 5.92 Å². The van der Waals surface area contributed by atoms with E-state index in [1.54, 1.807) is 0 Å². The normalized spacial score (nSPS) is 21.5. The van der Waals surface area contributed by atoms with E-state index in [2.05, 4.69) is 62.5 Å². The van der Waals surface area contributed by atoms with Crippen molar-refractivity contribution in [3.05, 3.63) is 52.1 Å². The van der Waals surface area contributed by atoms with E-state index < -0.39 is 0 Å². The predicted octanol–water partition coefficient (Wildman–Crippen LogP) is 5.86. The molecule has 0 saturated heterocycles. The van der Waals surface area contributed by atoms with Crippen LogP contribution in [0.25, 0.3) is 5.57 Å². The van der Waals surface area contributed by atoms with E-state index >= 15 is 0 Å². The summed E-state index contributed by atoms with van der Waals surface area (Å²) in [6, 6.07) is 8.80.